The number of alkyl carbamates (subject to hydrolysis) is 1. The summed E-state index contributed by atoms with van der Waals surface area (Å²) in [5, 5.41) is 12.0. The minimum absolute atomic E-state index is 0.0112. The van der Waals surface area contributed by atoms with Gasteiger partial charge in [0.05, 0.1) is 19.2 Å². The lowest BCUT2D eigenvalue weighted by Crippen LogP contribution is -2.54. The average molecular weight is 478 g/mol. The van der Waals surface area contributed by atoms with Crippen LogP contribution in [0.4, 0.5) is 13.6 Å². The van der Waals surface area contributed by atoms with Gasteiger partial charge in [0.25, 0.3) is 0 Å². The van der Waals surface area contributed by atoms with Crippen LogP contribution in [-0.2, 0) is 22.6 Å². The van der Waals surface area contributed by atoms with E-state index in [1.54, 1.807) is 20.8 Å². The first-order chi connectivity index (χ1) is 16.0. The van der Waals surface area contributed by atoms with Gasteiger partial charge in [-0.05, 0) is 45.4 Å². The molecule has 2 aliphatic rings. The van der Waals surface area contributed by atoms with Crippen molar-refractivity contribution in [2.45, 2.75) is 64.1 Å². The van der Waals surface area contributed by atoms with Crippen LogP contribution in [0.2, 0.25) is 0 Å². The number of imidazole rings is 1. The van der Waals surface area contributed by atoms with E-state index in [1.807, 2.05) is 4.57 Å². The molecule has 1 aromatic heterocycles. The van der Waals surface area contributed by atoms with Crippen LogP contribution in [0.5, 0.6) is 0 Å². The predicted octanol–water partition coefficient (Wildman–Crippen LogP) is 3.10. The Morgan fingerprint density at radius 1 is 1.26 bits per heavy atom. The number of carbonyl (C=O) groups is 2. The van der Waals surface area contributed by atoms with Gasteiger partial charge in [0, 0.05) is 30.9 Å². The maximum atomic E-state index is 14.6. The molecule has 2 aliphatic heterocycles. The number of carbonyl (C=O) groups excluding carboxylic acids is 1. The number of aromatic nitrogens is 2. The fraction of sp³-hybridized carbons (Fsp3) is 0.522. The van der Waals surface area contributed by atoms with Gasteiger partial charge in [-0.25, -0.2) is 23.4 Å². The third-order valence-corrected chi connectivity index (χ3v) is 5.89. The molecule has 0 spiro atoms. The summed E-state index contributed by atoms with van der Waals surface area (Å²) >= 11 is 0. The first kappa shape index (κ1) is 24.1. The van der Waals surface area contributed by atoms with Gasteiger partial charge in [-0.1, -0.05) is 0 Å². The van der Waals surface area contributed by atoms with Crippen LogP contribution in [0.25, 0.3) is 0 Å². The number of benzene rings is 1. The van der Waals surface area contributed by atoms with Crippen molar-refractivity contribution in [3.8, 4) is 0 Å². The van der Waals surface area contributed by atoms with Crippen LogP contribution in [-0.4, -0.2) is 62.5 Å². The third-order valence-electron chi connectivity index (χ3n) is 5.89. The van der Waals surface area contributed by atoms with Crippen molar-refractivity contribution in [1.29, 1.82) is 0 Å². The summed E-state index contributed by atoms with van der Waals surface area (Å²) in [6, 6.07) is 2.31. The molecule has 184 valence electrons. The lowest BCUT2D eigenvalue weighted by atomic mass is 9.92. The maximum absolute atomic E-state index is 14.6. The SMILES string of the molecule is CC(C)(C)OC(=O)N[C@H]1C[C@@H](N2CCn3cc(C(=O)O)nc3C2)CO[C@@H]1c1cc(F)ccc1F. The smallest absolute Gasteiger partial charge is 0.407 e. The second kappa shape index (κ2) is 9.30. The first-order valence-corrected chi connectivity index (χ1v) is 11.1. The van der Waals surface area contributed by atoms with Gasteiger partial charge in [0.1, 0.15) is 29.2 Å². The Kier molecular flexibility index (Phi) is 6.59. The van der Waals surface area contributed by atoms with E-state index in [9.17, 15) is 23.5 Å². The molecule has 1 fully saturated rings. The fourth-order valence-corrected chi connectivity index (χ4v) is 4.39. The van der Waals surface area contributed by atoms with Gasteiger partial charge in [0.2, 0.25) is 0 Å². The number of ether oxygens (including phenoxy) is 2. The zero-order valence-electron chi connectivity index (χ0n) is 19.3. The molecular weight excluding hydrogens is 450 g/mol. The molecule has 3 atom stereocenters. The van der Waals surface area contributed by atoms with E-state index in [2.05, 4.69) is 15.2 Å². The molecule has 0 saturated carbocycles. The Bertz CT molecular complexity index is 1080. The number of hydrogen-bond acceptors (Lipinski definition) is 6. The number of amides is 1. The highest BCUT2D eigenvalue weighted by atomic mass is 19.1. The molecule has 9 nitrogen and oxygen atoms in total. The highest BCUT2D eigenvalue weighted by Crippen LogP contribution is 2.33. The number of fused-ring (bicyclic) bond motifs is 1. The average Bonchev–Trinajstić information content (AvgIpc) is 3.18. The second-order valence-electron chi connectivity index (χ2n) is 9.57. The van der Waals surface area contributed by atoms with Gasteiger partial charge in [0.15, 0.2) is 5.69 Å². The Morgan fingerprint density at radius 2 is 2.03 bits per heavy atom. The number of carboxylic acid groups (broad SMARTS) is 1. The number of rotatable bonds is 4. The molecule has 0 aliphatic carbocycles. The summed E-state index contributed by atoms with van der Waals surface area (Å²) in [6.07, 6.45) is 0.336. The number of hydrogen-bond donors (Lipinski definition) is 2. The van der Waals surface area contributed by atoms with Crippen LogP contribution in [0.1, 0.15) is 55.2 Å². The second-order valence-corrected chi connectivity index (χ2v) is 9.57. The third kappa shape index (κ3) is 5.36. The van der Waals surface area contributed by atoms with E-state index in [0.29, 0.717) is 31.9 Å². The predicted molar refractivity (Wildman–Crippen MR) is 116 cm³/mol. The monoisotopic (exact) mass is 478 g/mol. The summed E-state index contributed by atoms with van der Waals surface area (Å²) in [4.78, 5) is 30.1. The Hall–Kier alpha value is -3.05. The molecule has 34 heavy (non-hydrogen) atoms. The van der Waals surface area contributed by atoms with Crippen LogP contribution < -0.4 is 5.32 Å². The summed E-state index contributed by atoms with van der Waals surface area (Å²) in [5.41, 5.74) is -0.715. The molecule has 1 amide bonds. The van der Waals surface area contributed by atoms with Crippen molar-refractivity contribution < 1.29 is 33.0 Å². The number of carboxylic acids is 1. The quantitative estimate of drug-likeness (QED) is 0.696. The van der Waals surface area contributed by atoms with Crippen LogP contribution >= 0.6 is 0 Å². The molecule has 11 heteroatoms. The topological polar surface area (TPSA) is 106 Å². The minimum atomic E-state index is -1.09. The maximum Gasteiger partial charge on any atom is 0.407 e. The number of halogens is 2. The normalized spacial score (nSPS) is 23.3. The van der Waals surface area contributed by atoms with Crippen molar-refractivity contribution in [3.05, 3.63) is 53.1 Å². The molecule has 3 heterocycles. The van der Waals surface area contributed by atoms with Gasteiger partial charge < -0.3 is 24.5 Å². The van der Waals surface area contributed by atoms with E-state index < -0.39 is 41.4 Å². The fourth-order valence-electron chi connectivity index (χ4n) is 4.39. The van der Waals surface area contributed by atoms with E-state index in [4.69, 9.17) is 9.47 Å². The lowest BCUT2D eigenvalue weighted by Gasteiger charge is -2.42. The van der Waals surface area contributed by atoms with Gasteiger partial charge >= 0.3 is 12.1 Å². The molecule has 2 N–H and O–H groups in total. The highest BCUT2D eigenvalue weighted by molar-refractivity contribution is 5.85. The Labute approximate surface area is 195 Å². The number of nitrogens with zero attached hydrogens (tertiary/aromatic N) is 3. The molecular formula is C23H28F2N4O5. The van der Waals surface area contributed by atoms with Gasteiger partial charge in [-0.15, -0.1) is 0 Å². The first-order valence-electron chi connectivity index (χ1n) is 11.1. The van der Waals surface area contributed by atoms with E-state index in [0.717, 1.165) is 18.2 Å². The Morgan fingerprint density at radius 3 is 2.74 bits per heavy atom. The number of aromatic carboxylic acids is 1. The van der Waals surface area contributed by atoms with Gasteiger partial charge in [-0.3, -0.25) is 4.90 Å². The highest BCUT2D eigenvalue weighted by Gasteiger charge is 2.39. The lowest BCUT2D eigenvalue weighted by molar-refractivity contribution is -0.0665. The molecule has 0 bridgehead atoms. The molecule has 0 radical (unpaired) electrons. The van der Waals surface area contributed by atoms with Crippen molar-refractivity contribution in [3.63, 3.8) is 0 Å². The molecule has 0 unspecified atom stereocenters. The van der Waals surface area contributed by atoms with E-state index >= 15 is 0 Å². The van der Waals surface area contributed by atoms with E-state index in [1.165, 1.54) is 6.20 Å². The minimum Gasteiger partial charge on any atom is -0.476 e. The summed E-state index contributed by atoms with van der Waals surface area (Å²) in [7, 11) is 0. The van der Waals surface area contributed by atoms with Crippen LogP contribution in [0.15, 0.2) is 24.4 Å². The summed E-state index contributed by atoms with van der Waals surface area (Å²) in [6.45, 7) is 7.00. The van der Waals surface area contributed by atoms with Crippen LogP contribution in [0.3, 0.4) is 0 Å². The number of nitrogens with one attached hydrogen (secondary N) is 1. The van der Waals surface area contributed by atoms with Crippen molar-refractivity contribution in [1.82, 2.24) is 19.8 Å². The zero-order valence-corrected chi connectivity index (χ0v) is 19.3. The zero-order chi connectivity index (χ0) is 24.6. The van der Waals surface area contributed by atoms with Crippen LogP contribution in [0, 0.1) is 11.6 Å². The standard InChI is InChI=1S/C23H28F2N4O5/c1-23(2,3)34-22(32)27-17-9-14(12-33-20(17)15-8-13(24)4-5-16(15)25)28-6-7-29-10-18(21(30)31)26-19(29)11-28/h4-5,8,10,14,17,20H,6-7,9,11-12H2,1-3H3,(H,27,32)(H,30,31)/t14-,17+,20-/m1/s1. The molecule has 1 aromatic carbocycles. The molecule has 4 rings (SSSR count). The molecule has 2 aromatic rings. The largest absolute Gasteiger partial charge is 0.476 e. The summed E-state index contributed by atoms with van der Waals surface area (Å²) < 4.78 is 41.6. The van der Waals surface area contributed by atoms with Crippen molar-refractivity contribution in [2.75, 3.05) is 13.2 Å². The van der Waals surface area contributed by atoms with Crippen molar-refractivity contribution in [2.24, 2.45) is 0 Å². The van der Waals surface area contributed by atoms with E-state index in [-0.39, 0.29) is 23.9 Å². The van der Waals surface area contributed by atoms with Gasteiger partial charge in [-0.2, -0.15) is 0 Å². The molecule has 1 saturated heterocycles. The van der Waals surface area contributed by atoms with Crippen molar-refractivity contribution >= 4 is 12.1 Å². The summed E-state index contributed by atoms with van der Waals surface area (Å²) in [5.74, 6) is -1.69. The Balaban J connectivity index is 1.54.